The molecule has 0 aliphatic heterocycles. The summed E-state index contributed by atoms with van der Waals surface area (Å²) in [6, 6.07) is 9.10. The Bertz CT molecular complexity index is 528. The zero-order valence-electron chi connectivity index (χ0n) is 12.2. The predicted octanol–water partition coefficient (Wildman–Crippen LogP) is 4.92. The number of nitrogens with zero attached hydrogens (tertiary/aromatic N) is 1. The van der Waals surface area contributed by atoms with E-state index in [1.54, 1.807) is 0 Å². The van der Waals surface area contributed by atoms with Gasteiger partial charge in [0.2, 0.25) is 0 Å². The molecule has 0 unspecified atom stereocenters. The maximum Gasteiger partial charge on any atom is 0.0751 e. The number of hydrogen-bond donors (Lipinski definition) is 1. The molecule has 1 aromatic carbocycles. The lowest BCUT2D eigenvalue weighted by molar-refractivity contribution is 0.587. The maximum absolute atomic E-state index is 4.50. The SMILES string of the molecule is CCCC(CCC)Nc1ccc(C)c2ncccc12. The van der Waals surface area contributed by atoms with Crippen molar-refractivity contribution in [1.29, 1.82) is 0 Å². The van der Waals surface area contributed by atoms with E-state index in [9.17, 15) is 0 Å². The van der Waals surface area contributed by atoms with Gasteiger partial charge in [-0.05, 0) is 43.5 Å². The fraction of sp³-hybridized carbons (Fsp3) is 0.471. The molecule has 0 saturated heterocycles. The van der Waals surface area contributed by atoms with Crippen molar-refractivity contribution in [3.05, 3.63) is 36.0 Å². The topological polar surface area (TPSA) is 24.9 Å². The Kier molecular flexibility index (Phi) is 4.78. The lowest BCUT2D eigenvalue weighted by Gasteiger charge is -2.20. The Labute approximate surface area is 116 Å². The minimum Gasteiger partial charge on any atom is -0.382 e. The van der Waals surface area contributed by atoms with Crippen molar-refractivity contribution in [2.75, 3.05) is 5.32 Å². The van der Waals surface area contributed by atoms with Crippen LogP contribution in [0.4, 0.5) is 5.69 Å². The van der Waals surface area contributed by atoms with Crippen LogP contribution in [0.15, 0.2) is 30.5 Å². The maximum atomic E-state index is 4.50. The molecule has 1 N–H and O–H groups in total. The highest BCUT2D eigenvalue weighted by Gasteiger charge is 2.09. The average molecular weight is 256 g/mol. The molecule has 0 aliphatic rings. The first-order chi connectivity index (χ1) is 9.26. The first-order valence-electron chi connectivity index (χ1n) is 7.37. The van der Waals surface area contributed by atoms with E-state index in [1.165, 1.54) is 42.3 Å². The van der Waals surface area contributed by atoms with Crippen LogP contribution in [-0.4, -0.2) is 11.0 Å². The van der Waals surface area contributed by atoms with Crippen molar-refractivity contribution in [2.24, 2.45) is 0 Å². The second-order valence-corrected chi connectivity index (χ2v) is 5.25. The molecule has 2 heteroatoms. The van der Waals surface area contributed by atoms with Crippen LogP contribution < -0.4 is 5.32 Å². The summed E-state index contributed by atoms with van der Waals surface area (Å²) in [5.41, 5.74) is 3.57. The Morgan fingerprint density at radius 3 is 2.53 bits per heavy atom. The summed E-state index contributed by atoms with van der Waals surface area (Å²) in [6.45, 7) is 6.62. The van der Waals surface area contributed by atoms with Gasteiger partial charge in [0.15, 0.2) is 0 Å². The third kappa shape index (κ3) is 3.25. The fourth-order valence-corrected chi connectivity index (χ4v) is 2.65. The molecule has 0 aliphatic carbocycles. The zero-order chi connectivity index (χ0) is 13.7. The monoisotopic (exact) mass is 256 g/mol. The van der Waals surface area contributed by atoms with Gasteiger partial charge in [-0.2, -0.15) is 0 Å². The van der Waals surface area contributed by atoms with Crippen LogP contribution in [0.3, 0.4) is 0 Å². The lowest BCUT2D eigenvalue weighted by atomic mass is 10.0. The van der Waals surface area contributed by atoms with Crippen LogP contribution in [0, 0.1) is 6.92 Å². The number of fused-ring (bicyclic) bond motifs is 1. The van der Waals surface area contributed by atoms with Crippen molar-refractivity contribution in [3.8, 4) is 0 Å². The molecule has 2 nitrogen and oxygen atoms in total. The number of pyridine rings is 1. The predicted molar refractivity (Wildman–Crippen MR) is 83.7 cm³/mol. The summed E-state index contributed by atoms with van der Waals surface area (Å²) >= 11 is 0. The molecular weight excluding hydrogens is 232 g/mol. The molecule has 19 heavy (non-hydrogen) atoms. The van der Waals surface area contributed by atoms with E-state index < -0.39 is 0 Å². The zero-order valence-corrected chi connectivity index (χ0v) is 12.2. The number of rotatable bonds is 6. The van der Waals surface area contributed by atoms with E-state index in [0.717, 1.165) is 5.52 Å². The third-order valence-corrected chi connectivity index (χ3v) is 3.61. The van der Waals surface area contributed by atoms with Crippen LogP contribution in [0.2, 0.25) is 0 Å². The van der Waals surface area contributed by atoms with Crippen molar-refractivity contribution < 1.29 is 0 Å². The summed E-state index contributed by atoms with van der Waals surface area (Å²) < 4.78 is 0. The average Bonchev–Trinajstić information content (AvgIpc) is 2.43. The highest BCUT2D eigenvalue weighted by atomic mass is 14.9. The second-order valence-electron chi connectivity index (χ2n) is 5.25. The molecule has 0 fully saturated rings. The van der Waals surface area contributed by atoms with Gasteiger partial charge in [-0.15, -0.1) is 0 Å². The molecule has 2 rings (SSSR count). The second kappa shape index (κ2) is 6.55. The Morgan fingerprint density at radius 2 is 1.84 bits per heavy atom. The minimum absolute atomic E-state index is 0.570. The van der Waals surface area contributed by atoms with Gasteiger partial charge >= 0.3 is 0 Å². The summed E-state index contributed by atoms with van der Waals surface area (Å²) in [5.74, 6) is 0. The van der Waals surface area contributed by atoms with Crippen LogP contribution in [0.5, 0.6) is 0 Å². The van der Waals surface area contributed by atoms with E-state index in [-0.39, 0.29) is 0 Å². The van der Waals surface area contributed by atoms with Gasteiger partial charge in [0.05, 0.1) is 5.52 Å². The molecule has 0 atom stereocenters. The molecule has 1 heterocycles. The molecular formula is C17H24N2. The molecule has 0 bridgehead atoms. The van der Waals surface area contributed by atoms with Crippen molar-refractivity contribution in [2.45, 2.75) is 52.5 Å². The summed E-state index contributed by atoms with van der Waals surface area (Å²) in [6.07, 6.45) is 6.76. The molecule has 102 valence electrons. The number of aromatic nitrogens is 1. The van der Waals surface area contributed by atoms with Crippen LogP contribution in [-0.2, 0) is 0 Å². The third-order valence-electron chi connectivity index (χ3n) is 3.61. The van der Waals surface area contributed by atoms with Crippen molar-refractivity contribution in [1.82, 2.24) is 4.98 Å². The van der Waals surface area contributed by atoms with Gasteiger partial charge in [0.25, 0.3) is 0 Å². The Hall–Kier alpha value is -1.57. The van der Waals surface area contributed by atoms with E-state index in [0.29, 0.717) is 6.04 Å². The van der Waals surface area contributed by atoms with Gasteiger partial charge in [-0.1, -0.05) is 32.8 Å². The summed E-state index contributed by atoms with van der Waals surface area (Å²) in [5, 5.41) is 4.95. The molecule has 0 spiro atoms. The standard InChI is InChI=1S/C17H24N2/c1-4-7-14(8-5-2)19-16-11-10-13(3)17-15(16)9-6-12-18-17/h6,9-12,14,19H,4-5,7-8H2,1-3H3. The number of benzene rings is 1. The van der Waals surface area contributed by atoms with Crippen LogP contribution in [0.1, 0.15) is 45.1 Å². The Balaban J connectivity index is 2.31. The fourth-order valence-electron chi connectivity index (χ4n) is 2.65. The molecule has 2 aromatic rings. The molecule has 0 saturated carbocycles. The normalized spacial score (nSPS) is 11.2. The van der Waals surface area contributed by atoms with Gasteiger partial charge in [0, 0.05) is 23.3 Å². The van der Waals surface area contributed by atoms with Gasteiger partial charge in [0.1, 0.15) is 0 Å². The van der Waals surface area contributed by atoms with Gasteiger partial charge in [-0.25, -0.2) is 0 Å². The van der Waals surface area contributed by atoms with Crippen LogP contribution in [0.25, 0.3) is 10.9 Å². The molecule has 0 radical (unpaired) electrons. The van der Waals surface area contributed by atoms with E-state index in [4.69, 9.17) is 0 Å². The summed E-state index contributed by atoms with van der Waals surface area (Å²) in [4.78, 5) is 4.50. The Morgan fingerprint density at radius 1 is 1.11 bits per heavy atom. The van der Waals surface area contributed by atoms with E-state index in [1.807, 2.05) is 12.3 Å². The lowest BCUT2D eigenvalue weighted by Crippen LogP contribution is -2.19. The van der Waals surface area contributed by atoms with Crippen molar-refractivity contribution >= 4 is 16.6 Å². The number of hydrogen-bond acceptors (Lipinski definition) is 2. The van der Waals surface area contributed by atoms with E-state index >= 15 is 0 Å². The highest BCUT2D eigenvalue weighted by molar-refractivity contribution is 5.93. The quantitative estimate of drug-likeness (QED) is 0.793. The number of nitrogens with one attached hydrogen (secondary N) is 1. The van der Waals surface area contributed by atoms with Gasteiger partial charge < -0.3 is 5.32 Å². The highest BCUT2D eigenvalue weighted by Crippen LogP contribution is 2.26. The van der Waals surface area contributed by atoms with Gasteiger partial charge in [-0.3, -0.25) is 4.98 Å². The summed E-state index contributed by atoms with van der Waals surface area (Å²) in [7, 11) is 0. The first-order valence-corrected chi connectivity index (χ1v) is 7.37. The molecule has 1 aromatic heterocycles. The van der Waals surface area contributed by atoms with Crippen LogP contribution >= 0.6 is 0 Å². The number of anilines is 1. The first kappa shape index (κ1) is 13.9. The van der Waals surface area contributed by atoms with Crippen molar-refractivity contribution in [3.63, 3.8) is 0 Å². The van der Waals surface area contributed by atoms with E-state index in [2.05, 4.69) is 49.3 Å². The largest absolute Gasteiger partial charge is 0.382 e. The minimum atomic E-state index is 0.570. The smallest absolute Gasteiger partial charge is 0.0751 e. The molecule has 0 amide bonds. The number of aryl methyl sites for hydroxylation is 1.